The average molecular weight is 222 g/mol. The fourth-order valence-corrected chi connectivity index (χ4v) is 2.25. The molecular weight excluding hydrogens is 212 g/mol. The maximum absolute atomic E-state index is 5.76. The van der Waals surface area contributed by atoms with Gasteiger partial charge in [-0.05, 0) is 6.92 Å². The van der Waals surface area contributed by atoms with Gasteiger partial charge < -0.3 is 14.5 Å². The number of rotatable bonds is 1. The summed E-state index contributed by atoms with van der Waals surface area (Å²) in [6.45, 7) is 2.73. The van der Waals surface area contributed by atoms with Crippen molar-refractivity contribution in [1.82, 2.24) is 4.98 Å². The molecule has 1 unspecified atom stereocenters. The lowest BCUT2D eigenvalue weighted by atomic mass is 10.2. The summed E-state index contributed by atoms with van der Waals surface area (Å²) in [6.07, 6.45) is 3.24. The maximum atomic E-state index is 5.76. The van der Waals surface area contributed by atoms with Crippen LogP contribution in [0.15, 0.2) is 22.3 Å². The molecule has 2 aromatic rings. The van der Waals surface area contributed by atoms with Crippen molar-refractivity contribution in [2.75, 3.05) is 11.9 Å². The summed E-state index contributed by atoms with van der Waals surface area (Å²) in [6, 6.07) is 0. The molecule has 15 heavy (non-hydrogen) atoms. The van der Waals surface area contributed by atoms with Crippen LogP contribution in [-0.4, -0.2) is 11.5 Å². The molecule has 0 bridgehead atoms. The van der Waals surface area contributed by atoms with Crippen molar-refractivity contribution < 1.29 is 9.15 Å². The van der Waals surface area contributed by atoms with Crippen molar-refractivity contribution >= 4 is 17.0 Å². The third kappa shape index (κ3) is 1.48. The van der Waals surface area contributed by atoms with Gasteiger partial charge in [0.05, 0.1) is 17.2 Å². The normalized spacial score (nSPS) is 19.1. The number of hydrogen-bond donors (Lipinski definition) is 1. The summed E-state index contributed by atoms with van der Waals surface area (Å²) in [4.78, 5) is 4.41. The summed E-state index contributed by atoms with van der Waals surface area (Å²) in [7, 11) is 0. The predicted molar refractivity (Wildman–Crippen MR) is 57.4 cm³/mol. The van der Waals surface area contributed by atoms with Crippen LogP contribution in [0.25, 0.3) is 0 Å². The second-order valence-electron chi connectivity index (χ2n) is 3.43. The monoisotopic (exact) mass is 222 g/mol. The van der Waals surface area contributed by atoms with E-state index in [-0.39, 0.29) is 6.10 Å². The molecule has 3 heterocycles. The molecule has 1 aliphatic heterocycles. The van der Waals surface area contributed by atoms with E-state index in [4.69, 9.17) is 9.15 Å². The first-order valence-electron chi connectivity index (χ1n) is 4.71. The summed E-state index contributed by atoms with van der Waals surface area (Å²) in [5, 5.41) is 6.34. The molecule has 3 rings (SSSR count). The number of nitrogens with zero attached hydrogens (tertiary/aromatic N) is 1. The summed E-state index contributed by atoms with van der Waals surface area (Å²) in [5.74, 6) is 0.761. The van der Waals surface area contributed by atoms with Crippen molar-refractivity contribution in [2.24, 2.45) is 0 Å². The van der Waals surface area contributed by atoms with Crippen molar-refractivity contribution in [3.8, 4) is 5.75 Å². The zero-order valence-corrected chi connectivity index (χ0v) is 9.00. The SMILES string of the molecule is Cc1nc(C2CNc3cocc3O2)cs1. The molecule has 0 spiro atoms. The van der Waals surface area contributed by atoms with E-state index < -0.39 is 0 Å². The van der Waals surface area contributed by atoms with E-state index in [0.29, 0.717) is 0 Å². The quantitative estimate of drug-likeness (QED) is 0.805. The third-order valence-electron chi connectivity index (χ3n) is 2.34. The number of aryl methyl sites for hydroxylation is 1. The van der Waals surface area contributed by atoms with Crippen LogP contribution >= 0.6 is 11.3 Å². The van der Waals surface area contributed by atoms with Gasteiger partial charge in [-0.2, -0.15) is 0 Å². The highest BCUT2D eigenvalue weighted by Crippen LogP contribution is 2.34. The van der Waals surface area contributed by atoms with E-state index in [1.165, 1.54) is 0 Å². The molecule has 0 aliphatic carbocycles. The van der Waals surface area contributed by atoms with Crippen LogP contribution in [0.2, 0.25) is 0 Å². The number of furan rings is 1. The molecule has 1 N–H and O–H groups in total. The number of hydrogen-bond acceptors (Lipinski definition) is 5. The molecule has 4 nitrogen and oxygen atoms in total. The van der Waals surface area contributed by atoms with Gasteiger partial charge in [-0.1, -0.05) is 0 Å². The number of fused-ring (bicyclic) bond motifs is 1. The fourth-order valence-electron chi connectivity index (χ4n) is 1.60. The van der Waals surface area contributed by atoms with E-state index in [1.54, 1.807) is 23.9 Å². The molecule has 78 valence electrons. The van der Waals surface area contributed by atoms with Crippen LogP contribution in [0.1, 0.15) is 16.8 Å². The Morgan fingerprint density at radius 1 is 1.53 bits per heavy atom. The van der Waals surface area contributed by atoms with Crippen molar-refractivity contribution in [3.63, 3.8) is 0 Å². The Balaban J connectivity index is 1.87. The van der Waals surface area contributed by atoms with E-state index in [2.05, 4.69) is 10.3 Å². The highest BCUT2D eigenvalue weighted by atomic mass is 32.1. The molecule has 0 fully saturated rings. The molecule has 0 radical (unpaired) electrons. The minimum absolute atomic E-state index is 0.0138. The van der Waals surface area contributed by atoms with Crippen LogP contribution in [0.3, 0.4) is 0 Å². The van der Waals surface area contributed by atoms with Crippen LogP contribution in [0, 0.1) is 6.92 Å². The zero-order chi connectivity index (χ0) is 10.3. The van der Waals surface area contributed by atoms with Gasteiger partial charge in [0.2, 0.25) is 0 Å². The standard InChI is InChI=1S/C10H10N2O2S/c1-6-12-8(5-15-6)9-2-11-7-3-13-4-10(7)14-9/h3-5,9,11H,2H2,1H3. The number of aromatic nitrogens is 1. The number of ether oxygens (including phenoxy) is 1. The number of anilines is 1. The van der Waals surface area contributed by atoms with E-state index in [9.17, 15) is 0 Å². The van der Waals surface area contributed by atoms with Gasteiger partial charge in [0, 0.05) is 5.38 Å². The van der Waals surface area contributed by atoms with E-state index in [0.717, 1.165) is 28.7 Å². The first-order valence-corrected chi connectivity index (χ1v) is 5.59. The molecule has 0 amide bonds. The fraction of sp³-hybridized carbons (Fsp3) is 0.300. The lowest BCUT2D eigenvalue weighted by Crippen LogP contribution is -2.22. The smallest absolute Gasteiger partial charge is 0.181 e. The minimum Gasteiger partial charge on any atom is -0.477 e. The Morgan fingerprint density at radius 3 is 3.27 bits per heavy atom. The highest BCUT2D eigenvalue weighted by molar-refractivity contribution is 7.09. The Morgan fingerprint density at radius 2 is 2.47 bits per heavy atom. The van der Waals surface area contributed by atoms with Gasteiger partial charge in [0.25, 0.3) is 0 Å². The first-order chi connectivity index (χ1) is 7.33. The largest absolute Gasteiger partial charge is 0.477 e. The Labute approximate surface area is 90.9 Å². The first kappa shape index (κ1) is 8.79. The molecule has 0 aromatic carbocycles. The molecule has 5 heteroatoms. The second-order valence-corrected chi connectivity index (χ2v) is 4.49. The van der Waals surface area contributed by atoms with Gasteiger partial charge in [-0.3, -0.25) is 0 Å². The highest BCUT2D eigenvalue weighted by Gasteiger charge is 2.23. The molecule has 1 atom stereocenters. The van der Waals surface area contributed by atoms with Crippen molar-refractivity contribution in [1.29, 1.82) is 0 Å². The molecule has 2 aromatic heterocycles. The van der Waals surface area contributed by atoms with E-state index in [1.807, 2.05) is 12.3 Å². The summed E-state index contributed by atoms with van der Waals surface area (Å²) in [5.41, 5.74) is 1.90. The van der Waals surface area contributed by atoms with Gasteiger partial charge in [-0.15, -0.1) is 11.3 Å². The van der Waals surface area contributed by atoms with Crippen LogP contribution in [0.4, 0.5) is 5.69 Å². The third-order valence-corrected chi connectivity index (χ3v) is 3.13. The number of thiazole rings is 1. The average Bonchev–Trinajstić information content (AvgIpc) is 2.84. The van der Waals surface area contributed by atoms with Gasteiger partial charge >= 0.3 is 0 Å². The maximum Gasteiger partial charge on any atom is 0.181 e. The molecule has 0 saturated heterocycles. The number of nitrogens with one attached hydrogen (secondary N) is 1. The Bertz CT molecular complexity index is 477. The second kappa shape index (κ2) is 3.27. The molecule has 1 aliphatic rings. The predicted octanol–water partition coefficient (Wildman–Crippen LogP) is 2.59. The lowest BCUT2D eigenvalue weighted by Gasteiger charge is -2.22. The van der Waals surface area contributed by atoms with Crippen LogP contribution in [-0.2, 0) is 0 Å². The zero-order valence-electron chi connectivity index (χ0n) is 8.19. The minimum atomic E-state index is -0.0138. The van der Waals surface area contributed by atoms with Gasteiger partial charge in [0.1, 0.15) is 18.2 Å². The van der Waals surface area contributed by atoms with Crippen molar-refractivity contribution in [3.05, 3.63) is 28.6 Å². The Hall–Kier alpha value is -1.49. The molecule has 0 saturated carbocycles. The topological polar surface area (TPSA) is 47.3 Å². The summed E-state index contributed by atoms with van der Waals surface area (Å²) >= 11 is 1.64. The van der Waals surface area contributed by atoms with Crippen LogP contribution in [0.5, 0.6) is 5.75 Å². The summed E-state index contributed by atoms with van der Waals surface area (Å²) < 4.78 is 10.8. The molecular formula is C10H10N2O2S. The Kier molecular flexibility index (Phi) is 1.92. The lowest BCUT2D eigenvalue weighted by molar-refractivity contribution is 0.205. The van der Waals surface area contributed by atoms with E-state index >= 15 is 0 Å². The van der Waals surface area contributed by atoms with Crippen LogP contribution < -0.4 is 10.1 Å². The van der Waals surface area contributed by atoms with Gasteiger partial charge in [-0.25, -0.2) is 4.98 Å². The van der Waals surface area contributed by atoms with Crippen molar-refractivity contribution in [2.45, 2.75) is 13.0 Å². The van der Waals surface area contributed by atoms with Gasteiger partial charge in [0.15, 0.2) is 11.9 Å².